The minimum absolute atomic E-state index is 0.0200. The van der Waals surface area contributed by atoms with Crippen LogP contribution in [0.5, 0.6) is 11.5 Å². The zero-order chi connectivity index (χ0) is 45.3. The number of amides is 1. The number of aliphatic hydroxyl groups is 2. The Kier molecular flexibility index (Phi) is 18.3. The number of hydrogen-bond donors (Lipinski definition) is 2. The van der Waals surface area contributed by atoms with Crippen molar-refractivity contribution < 1.29 is 43.7 Å². The molecular weight excluding hydrogens is 835 g/mol. The van der Waals surface area contributed by atoms with Crippen LogP contribution in [0.2, 0.25) is 0 Å². The minimum atomic E-state index is -1.43. The van der Waals surface area contributed by atoms with Gasteiger partial charge in [-0.05, 0) is 104 Å². The number of allylic oxidation sites excluding steroid dienone is 1. The number of nitro benzene ring substituents is 1. The van der Waals surface area contributed by atoms with Crippen molar-refractivity contribution in [2.24, 2.45) is 22.9 Å². The summed E-state index contributed by atoms with van der Waals surface area (Å²) < 4.78 is 26.7. The van der Waals surface area contributed by atoms with E-state index in [1.807, 2.05) is 37.3 Å². The molecule has 0 aromatic heterocycles. The fraction of sp³-hybridized carbons (Fsp3) is 0.480. The zero-order valence-corrected chi connectivity index (χ0v) is 37.7. The molecule has 2 aliphatic carbocycles. The number of carbonyl (C=O) groups excluding carboxylic acids is 1. The SMILES string of the molecule is C=CCCOC(=O)N(CCC)C1CC(=NOCc2ccc([N+](=O)[O-])cc2)C2=CC(CCCCO)C(CCCCO)C3c4cc(OCCSc5ccccc5)ccc4OC1(OCC=C)C23. The van der Waals surface area contributed by atoms with Crippen molar-refractivity contribution in [3.8, 4) is 11.5 Å². The molecule has 0 bridgehead atoms. The largest absolute Gasteiger partial charge is 0.493 e. The third kappa shape index (κ3) is 11.7. The Morgan fingerprint density at radius 2 is 1.78 bits per heavy atom. The lowest BCUT2D eigenvalue weighted by molar-refractivity contribution is -0.384. The molecule has 6 unspecified atom stereocenters. The number of oxime groups is 1. The van der Waals surface area contributed by atoms with Crippen LogP contribution < -0.4 is 9.47 Å². The maximum atomic E-state index is 14.3. The number of fused-ring (bicyclic) bond motifs is 2. The number of ether oxygens (including phenoxy) is 4. The predicted octanol–water partition coefficient (Wildman–Crippen LogP) is 10.0. The second-order valence-corrected chi connectivity index (χ2v) is 17.5. The van der Waals surface area contributed by atoms with Crippen LogP contribution in [-0.4, -0.2) is 89.0 Å². The van der Waals surface area contributed by atoms with Gasteiger partial charge in [-0.1, -0.05) is 61.3 Å². The molecule has 6 rings (SSSR count). The van der Waals surface area contributed by atoms with Crippen LogP contribution in [-0.2, 0) is 20.9 Å². The molecule has 0 radical (unpaired) electrons. The average Bonchev–Trinajstić information content (AvgIpc) is 3.31. The highest BCUT2D eigenvalue weighted by atomic mass is 32.2. The van der Waals surface area contributed by atoms with Gasteiger partial charge in [-0.25, -0.2) is 4.79 Å². The van der Waals surface area contributed by atoms with Crippen LogP contribution in [0.25, 0.3) is 0 Å². The van der Waals surface area contributed by atoms with Gasteiger partial charge in [-0.2, -0.15) is 0 Å². The van der Waals surface area contributed by atoms with E-state index in [9.17, 15) is 25.1 Å². The third-order valence-electron chi connectivity index (χ3n) is 12.2. The van der Waals surface area contributed by atoms with Gasteiger partial charge in [0.15, 0.2) is 0 Å². The summed E-state index contributed by atoms with van der Waals surface area (Å²) >= 11 is 1.73. The van der Waals surface area contributed by atoms with Gasteiger partial charge < -0.3 is 34.0 Å². The summed E-state index contributed by atoms with van der Waals surface area (Å²) in [6.45, 7) is 11.2. The van der Waals surface area contributed by atoms with E-state index in [2.05, 4.69) is 37.4 Å². The Morgan fingerprint density at radius 1 is 1.02 bits per heavy atom. The minimum Gasteiger partial charge on any atom is -0.493 e. The molecule has 1 amide bonds. The summed E-state index contributed by atoms with van der Waals surface area (Å²) in [4.78, 5) is 34.2. The van der Waals surface area contributed by atoms with E-state index < -0.39 is 28.8 Å². The van der Waals surface area contributed by atoms with Gasteiger partial charge >= 0.3 is 6.09 Å². The molecule has 1 aliphatic heterocycles. The molecule has 64 heavy (non-hydrogen) atoms. The van der Waals surface area contributed by atoms with Gasteiger partial charge in [0.05, 0.1) is 36.4 Å². The molecule has 1 fully saturated rings. The Balaban J connectivity index is 1.50. The predicted molar refractivity (Wildman–Crippen MR) is 249 cm³/mol. The molecule has 0 saturated heterocycles. The lowest BCUT2D eigenvalue weighted by Crippen LogP contribution is -2.70. The highest BCUT2D eigenvalue weighted by Crippen LogP contribution is 2.62. The topological polar surface area (TPSA) is 162 Å². The monoisotopic (exact) mass is 897 g/mol. The van der Waals surface area contributed by atoms with E-state index >= 15 is 0 Å². The number of non-ortho nitro benzene ring substituents is 1. The maximum Gasteiger partial charge on any atom is 0.410 e. The van der Waals surface area contributed by atoms with Crippen LogP contribution >= 0.6 is 11.8 Å². The van der Waals surface area contributed by atoms with Crippen LogP contribution in [0.15, 0.2) is 120 Å². The lowest BCUT2D eigenvalue weighted by Gasteiger charge is -2.59. The number of thioether (sulfide) groups is 1. The fourth-order valence-corrected chi connectivity index (χ4v) is 10.2. The number of aliphatic hydroxyl groups excluding tert-OH is 2. The van der Waals surface area contributed by atoms with Crippen molar-refractivity contribution in [1.29, 1.82) is 0 Å². The number of carbonyl (C=O) groups is 1. The van der Waals surface area contributed by atoms with Gasteiger partial charge in [0.25, 0.3) is 5.69 Å². The van der Waals surface area contributed by atoms with Gasteiger partial charge in [0, 0.05) is 60.4 Å². The second-order valence-electron chi connectivity index (χ2n) is 16.4. The van der Waals surface area contributed by atoms with Gasteiger partial charge in [0.2, 0.25) is 5.79 Å². The van der Waals surface area contributed by atoms with Gasteiger partial charge in [-0.3, -0.25) is 15.0 Å². The Hall–Kier alpha value is -5.15. The van der Waals surface area contributed by atoms with E-state index in [-0.39, 0.29) is 62.9 Å². The van der Waals surface area contributed by atoms with Crippen molar-refractivity contribution in [3.63, 3.8) is 0 Å². The molecule has 3 aromatic rings. The summed E-state index contributed by atoms with van der Waals surface area (Å²) in [5.41, 5.74) is 3.18. The molecule has 2 N–H and O–H groups in total. The van der Waals surface area contributed by atoms with Crippen LogP contribution in [0.3, 0.4) is 0 Å². The average molecular weight is 898 g/mol. The maximum absolute atomic E-state index is 14.3. The van der Waals surface area contributed by atoms with Crippen molar-refractivity contribution in [1.82, 2.24) is 4.90 Å². The Labute approximate surface area is 381 Å². The smallest absolute Gasteiger partial charge is 0.410 e. The molecule has 344 valence electrons. The number of nitrogens with zero attached hydrogens (tertiary/aromatic N) is 3. The fourth-order valence-electron chi connectivity index (χ4n) is 9.40. The van der Waals surface area contributed by atoms with Crippen LogP contribution in [0, 0.1) is 27.9 Å². The standard InChI is InChI=1S/C50H63N3O10S/c1-4-7-29-60-49(56)52(25-5-2)46-34-44(51-62-35-36-19-21-38(22-20-36)53(57)58)42-32-37(15-11-13-26-54)41(18-12-14-27-55)47-43-33-39(59-30-31-64-40-16-9-8-10-17-40)23-24-45(43)63-50(46,48(42)47)61-28-6-3/h4,6,8-10,16-17,19-24,32-33,37,41,46-48,54-55H,1,3,5,7,11-15,18,25-31,34-35H2,2H3. The molecule has 0 spiro atoms. The highest BCUT2D eigenvalue weighted by molar-refractivity contribution is 7.99. The van der Waals surface area contributed by atoms with E-state index in [0.717, 1.165) is 42.6 Å². The van der Waals surface area contributed by atoms with Crippen molar-refractivity contribution in [2.45, 2.75) is 94.0 Å². The zero-order valence-electron chi connectivity index (χ0n) is 36.9. The first-order valence-corrected chi connectivity index (χ1v) is 23.6. The quantitative estimate of drug-likeness (QED) is 0.0259. The number of benzene rings is 3. The number of rotatable bonds is 26. The van der Waals surface area contributed by atoms with Crippen molar-refractivity contribution in [2.75, 3.05) is 45.3 Å². The Bertz CT molecular complexity index is 2060. The summed E-state index contributed by atoms with van der Waals surface area (Å²) in [6, 6.07) is 21.6. The summed E-state index contributed by atoms with van der Waals surface area (Å²) in [5.74, 6) is 0.0272. The molecule has 1 heterocycles. The van der Waals surface area contributed by atoms with Crippen molar-refractivity contribution in [3.05, 3.63) is 131 Å². The number of nitro groups is 1. The van der Waals surface area contributed by atoms with Crippen LogP contribution in [0.1, 0.15) is 81.8 Å². The molecular formula is C50H63N3O10S. The summed E-state index contributed by atoms with van der Waals surface area (Å²) in [7, 11) is 0. The van der Waals surface area contributed by atoms with E-state index in [1.54, 1.807) is 40.9 Å². The Morgan fingerprint density at radius 3 is 2.48 bits per heavy atom. The second kappa shape index (κ2) is 24.2. The van der Waals surface area contributed by atoms with E-state index in [0.29, 0.717) is 61.6 Å². The normalized spacial score (nSPS) is 22.6. The first-order chi connectivity index (χ1) is 31.3. The molecule has 3 aliphatic rings. The van der Waals surface area contributed by atoms with Crippen LogP contribution in [0.4, 0.5) is 10.5 Å². The van der Waals surface area contributed by atoms with Crippen molar-refractivity contribution >= 4 is 29.3 Å². The van der Waals surface area contributed by atoms with E-state index in [4.69, 9.17) is 28.9 Å². The van der Waals surface area contributed by atoms with Gasteiger partial charge in [0.1, 0.15) is 24.1 Å². The number of unbranched alkanes of at least 4 members (excludes halogenated alkanes) is 2. The molecule has 1 saturated carbocycles. The lowest BCUT2D eigenvalue weighted by atomic mass is 9.55. The summed E-state index contributed by atoms with van der Waals surface area (Å²) in [6.07, 6.45) is 11.0. The summed E-state index contributed by atoms with van der Waals surface area (Å²) in [5, 5.41) is 36.1. The molecule has 6 atom stereocenters. The molecule has 3 aromatic carbocycles. The first-order valence-electron chi connectivity index (χ1n) is 22.6. The molecule has 13 nitrogen and oxygen atoms in total. The molecule has 14 heteroatoms. The first kappa shape index (κ1) is 48.3. The van der Waals surface area contributed by atoms with Gasteiger partial charge in [-0.15, -0.1) is 24.9 Å². The van der Waals surface area contributed by atoms with E-state index in [1.165, 1.54) is 17.0 Å². The highest BCUT2D eigenvalue weighted by Gasteiger charge is 2.65. The number of hydrogen-bond acceptors (Lipinski definition) is 12. The third-order valence-corrected chi connectivity index (χ3v) is 13.2.